The molecule has 0 fully saturated rings. The lowest BCUT2D eigenvalue weighted by Gasteiger charge is -2.12. The van der Waals surface area contributed by atoms with E-state index < -0.39 is 41.4 Å². The summed E-state index contributed by atoms with van der Waals surface area (Å²) in [6.45, 7) is -2.79. The van der Waals surface area contributed by atoms with Crippen LogP contribution in [0.2, 0.25) is 5.02 Å². The first-order valence-electron chi connectivity index (χ1n) is 10.5. The van der Waals surface area contributed by atoms with Crippen molar-refractivity contribution in [1.29, 1.82) is 0 Å². The lowest BCUT2D eigenvalue weighted by Crippen LogP contribution is -2.37. The molecule has 2 aromatic carbocycles. The summed E-state index contributed by atoms with van der Waals surface area (Å²) >= 11 is 5.56. The summed E-state index contributed by atoms with van der Waals surface area (Å²) in [5.41, 5.74) is -1.45. The van der Waals surface area contributed by atoms with Gasteiger partial charge in [-0.05, 0) is 42.5 Å². The Labute approximate surface area is 194 Å². The Morgan fingerprint density at radius 1 is 1.03 bits per heavy atom. The second-order valence-electron chi connectivity index (χ2n) is 6.43. The van der Waals surface area contributed by atoms with Crippen LogP contribution in [0.15, 0.2) is 60.8 Å². The first-order chi connectivity index (χ1) is 16.7. The molecule has 33 heavy (non-hydrogen) atoms. The van der Waals surface area contributed by atoms with E-state index in [1.807, 2.05) is 0 Å². The highest BCUT2D eigenvalue weighted by molar-refractivity contribution is 6.31. The molecule has 8 nitrogen and oxygen atoms in total. The zero-order valence-electron chi connectivity index (χ0n) is 19.4. The number of halogens is 4. The lowest BCUT2D eigenvalue weighted by molar-refractivity contribution is -0.607. The first kappa shape index (κ1) is 19.7. The molecule has 0 unspecified atom stereocenters. The zero-order chi connectivity index (χ0) is 26.7. The van der Waals surface area contributed by atoms with Crippen LogP contribution in [-0.4, -0.2) is 18.9 Å². The van der Waals surface area contributed by atoms with E-state index in [1.165, 1.54) is 36.4 Å². The van der Waals surface area contributed by atoms with Crippen molar-refractivity contribution in [2.75, 3.05) is 17.6 Å². The van der Waals surface area contributed by atoms with Gasteiger partial charge in [0, 0.05) is 28.5 Å². The summed E-state index contributed by atoms with van der Waals surface area (Å²) in [5, 5.41) is 17.7. The van der Waals surface area contributed by atoms with Crippen LogP contribution in [0, 0.1) is 5.21 Å². The number of benzene rings is 2. The predicted octanol–water partition coefficient (Wildman–Crippen LogP) is 4.79. The fourth-order valence-electron chi connectivity index (χ4n) is 2.62. The van der Waals surface area contributed by atoms with E-state index in [4.69, 9.17) is 20.5 Å². The van der Waals surface area contributed by atoms with Gasteiger partial charge in [0.1, 0.15) is 11.5 Å². The third kappa shape index (κ3) is 6.04. The zero-order valence-corrected chi connectivity index (χ0v) is 17.1. The standard InChI is InChI=1S/C21H16ClF3N4O4/c1-26-19(30)18-11-15(8-9-29(18)32)33-14-5-2-12(3-6-14)27-20(31)28-13-4-7-17(22)16(10-13)21(23,24)25/h2-11H,1H3,(H,26,30)(H2,27,28,31)/i1+1D3. The molecule has 1 aromatic heterocycles. The average Bonchev–Trinajstić information content (AvgIpc) is 2.75. The fraction of sp³-hybridized carbons (Fsp3) is 0.0952. The number of anilines is 2. The maximum atomic E-state index is 13.0. The highest BCUT2D eigenvalue weighted by Gasteiger charge is 2.33. The Kier molecular flexibility index (Phi) is 5.76. The minimum atomic E-state index is -4.69. The summed E-state index contributed by atoms with van der Waals surface area (Å²) < 4.78 is 65.8. The van der Waals surface area contributed by atoms with Gasteiger partial charge in [-0.3, -0.25) is 4.79 Å². The predicted molar refractivity (Wildman–Crippen MR) is 114 cm³/mol. The van der Waals surface area contributed by atoms with Gasteiger partial charge in [0.15, 0.2) is 6.20 Å². The molecule has 172 valence electrons. The van der Waals surface area contributed by atoms with Crippen LogP contribution in [0.25, 0.3) is 0 Å². The maximum absolute atomic E-state index is 13.0. The van der Waals surface area contributed by atoms with Crippen LogP contribution < -0.4 is 25.4 Å². The number of aromatic nitrogens is 1. The Bertz CT molecular complexity index is 1290. The fourth-order valence-corrected chi connectivity index (χ4v) is 2.84. The number of alkyl halides is 3. The molecule has 3 aromatic rings. The molecule has 0 saturated carbocycles. The van der Waals surface area contributed by atoms with Crippen LogP contribution in [-0.2, 0) is 6.18 Å². The SMILES string of the molecule is [2H][13C]([2H])([2H])NC(=O)c1cc(Oc2ccc(NC(=O)Nc3ccc(Cl)c(C(F)(F)F)c3)cc2)cc[n+]1[O-]. The molecule has 0 atom stereocenters. The number of pyridine rings is 1. The average molecular weight is 485 g/mol. The number of hydrogen-bond donors (Lipinski definition) is 3. The van der Waals surface area contributed by atoms with Gasteiger partial charge in [-0.1, -0.05) is 11.6 Å². The number of hydrogen-bond acceptors (Lipinski definition) is 4. The molecule has 3 N–H and O–H groups in total. The van der Waals surface area contributed by atoms with Crippen molar-refractivity contribution in [2.45, 2.75) is 6.18 Å². The van der Waals surface area contributed by atoms with Gasteiger partial charge >= 0.3 is 18.1 Å². The van der Waals surface area contributed by atoms with E-state index >= 15 is 0 Å². The molecule has 3 amide bonds. The highest BCUT2D eigenvalue weighted by atomic mass is 35.5. The Balaban J connectivity index is 1.64. The Hall–Kier alpha value is -3.99. The van der Waals surface area contributed by atoms with Crippen LogP contribution in [0.5, 0.6) is 11.5 Å². The molecule has 3 rings (SSSR count). The third-order valence-electron chi connectivity index (χ3n) is 4.11. The van der Waals surface area contributed by atoms with Crippen LogP contribution in [0.3, 0.4) is 0 Å². The molecule has 12 heteroatoms. The second-order valence-corrected chi connectivity index (χ2v) is 6.83. The Morgan fingerprint density at radius 3 is 2.36 bits per heavy atom. The number of nitrogens with one attached hydrogen (secondary N) is 3. The van der Waals surface area contributed by atoms with E-state index in [-0.39, 0.29) is 27.6 Å². The van der Waals surface area contributed by atoms with E-state index in [0.29, 0.717) is 6.07 Å². The van der Waals surface area contributed by atoms with Crippen LogP contribution in [0.4, 0.5) is 29.3 Å². The van der Waals surface area contributed by atoms with Crippen molar-refractivity contribution in [3.63, 3.8) is 0 Å². The quantitative estimate of drug-likeness (QED) is 0.275. The van der Waals surface area contributed by atoms with Crippen molar-refractivity contribution < 1.29 is 36.3 Å². The minimum absolute atomic E-state index is 0.0550. The maximum Gasteiger partial charge on any atom is 0.417 e. The van der Waals surface area contributed by atoms with Crippen molar-refractivity contribution in [1.82, 2.24) is 5.32 Å². The molecule has 1 heterocycles. The highest BCUT2D eigenvalue weighted by Crippen LogP contribution is 2.36. The van der Waals surface area contributed by atoms with E-state index in [0.717, 1.165) is 18.3 Å². The molecule has 0 aliphatic heterocycles. The number of urea groups is 1. The van der Waals surface area contributed by atoms with Crippen molar-refractivity contribution in [2.24, 2.45) is 0 Å². The minimum Gasteiger partial charge on any atom is -0.618 e. The number of amides is 3. The molecule has 0 radical (unpaired) electrons. The van der Waals surface area contributed by atoms with Gasteiger partial charge < -0.3 is 25.9 Å². The first-order valence-corrected chi connectivity index (χ1v) is 9.37. The second kappa shape index (κ2) is 9.65. The molecule has 0 aliphatic carbocycles. The molecular weight excluding hydrogens is 466 g/mol. The van der Waals surface area contributed by atoms with Gasteiger partial charge in [-0.15, -0.1) is 0 Å². The monoisotopic (exact) mass is 484 g/mol. The molecule has 0 aliphatic rings. The van der Waals surface area contributed by atoms with E-state index in [2.05, 4.69) is 10.6 Å². The Morgan fingerprint density at radius 2 is 1.70 bits per heavy atom. The number of carbonyl (C=O) groups is 2. The number of ether oxygens (including phenoxy) is 1. The van der Waals surface area contributed by atoms with E-state index in [9.17, 15) is 28.0 Å². The van der Waals surface area contributed by atoms with Crippen LogP contribution >= 0.6 is 11.6 Å². The molecular formula is C21H16ClF3N4O4. The van der Waals surface area contributed by atoms with Gasteiger partial charge in [0.25, 0.3) is 5.69 Å². The number of rotatable bonds is 5. The number of carbonyl (C=O) groups excluding carboxylic acids is 2. The summed E-state index contributed by atoms with van der Waals surface area (Å²) in [6.07, 6.45) is -3.72. The smallest absolute Gasteiger partial charge is 0.417 e. The molecule has 0 saturated heterocycles. The normalized spacial score (nSPS) is 12.7. The van der Waals surface area contributed by atoms with Crippen molar-refractivity contribution >= 4 is 34.9 Å². The van der Waals surface area contributed by atoms with Gasteiger partial charge in [-0.25, -0.2) is 4.79 Å². The molecule has 0 spiro atoms. The molecule has 0 bridgehead atoms. The van der Waals surface area contributed by atoms with Gasteiger partial charge in [-0.2, -0.15) is 17.9 Å². The lowest BCUT2D eigenvalue weighted by atomic mass is 10.2. The largest absolute Gasteiger partial charge is 0.618 e. The third-order valence-corrected chi connectivity index (χ3v) is 4.44. The summed E-state index contributed by atoms with van der Waals surface area (Å²) in [4.78, 5) is 24.2. The summed E-state index contributed by atoms with van der Waals surface area (Å²) in [6, 6.07) is 10.1. The van der Waals surface area contributed by atoms with E-state index in [1.54, 1.807) is 5.32 Å². The van der Waals surface area contributed by atoms with Gasteiger partial charge in [0.2, 0.25) is 0 Å². The number of nitrogens with zero attached hydrogens (tertiary/aromatic N) is 1. The topological polar surface area (TPSA) is 106 Å². The summed E-state index contributed by atoms with van der Waals surface area (Å²) in [5.74, 6) is -0.831. The van der Waals surface area contributed by atoms with Gasteiger partial charge in [0.05, 0.1) is 16.7 Å². The van der Waals surface area contributed by atoms with Crippen molar-refractivity contribution in [3.05, 3.63) is 82.3 Å². The summed E-state index contributed by atoms with van der Waals surface area (Å²) in [7, 11) is 0. The van der Waals surface area contributed by atoms with Crippen LogP contribution in [0.1, 0.15) is 20.2 Å². The van der Waals surface area contributed by atoms with Crippen molar-refractivity contribution in [3.8, 4) is 11.5 Å².